The van der Waals surface area contributed by atoms with Crippen molar-refractivity contribution >= 4 is 17.5 Å². The highest BCUT2D eigenvalue weighted by Gasteiger charge is 2.29. The number of benzene rings is 2. The number of nitrogens with zero attached hydrogens (tertiary/aromatic N) is 2. The number of imide groups is 1. The number of hydrogen-bond acceptors (Lipinski definition) is 5. The van der Waals surface area contributed by atoms with Crippen molar-refractivity contribution in [3.63, 3.8) is 0 Å². The average Bonchev–Trinajstić information content (AvgIpc) is 3.22. The van der Waals surface area contributed by atoms with Crippen LogP contribution in [0.5, 0.6) is 0 Å². The largest absolute Gasteiger partial charge is 0.392 e. The van der Waals surface area contributed by atoms with E-state index in [2.05, 4.69) is 27.2 Å². The summed E-state index contributed by atoms with van der Waals surface area (Å²) >= 11 is 0. The van der Waals surface area contributed by atoms with Gasteiger partial charge in [-0.15, -0.1) is 0 Å². The highest BCUT2D eigenvalue weighted by molar-refractivity contribution is 6.21. The molecule has 6 heteroatoms. The Balaban J connectivity index is 1.64. The van der Waals surface area contributed by atoms with Crippen molar-refractivity contribution in [1.82, 2.24) is 10.2 Å². The third kappa shape index (κ3) is 3.46. The molecule has 0 saturated carbocycles. The molecule has 2 unspecified atom stereocenters. The van der Waals surface area contributed by atoms with Gasteiger partial charge in [-0.2, -0.15) is 0 Å². The molecule has 1 saturated heterocycles. The zero-order chi connectivity index (χ0) is 19.0. The van der Waals surface area contributed by atoms with Crippen molar-refractivity contribution in [1.29, 1.82) is 0 Å². The monoisotopic (exact) mass is 365 g/mol. The second-order valence-corrected chi connectivity index (χ2v) is 7.25. The lowest BCUT2D eigenvalue weighted by Gasteiger charge is -2.33. The number of amides is 2. The predicted octanol–water partition coefficient (Wildman–Crippen LogP) is 1.81. The molecule has 27 heavy (non-hydrogen) atoms. The van der Waals surface area contributed by atoms with E-state index in [1.807, 2.05) is 31.3 Å². The van der Waals surface area contributed by atoms with Crippen LogP contribution in [0.25, 0.3) is 0 Å². The Morgan fingerprint density at radius 3 is 2.59 bits per heavy atom. The fraction of sp³-hybridized carbons (Fsp3) is 0.333. The standard InChI is InChI=1S/C21H23N3O3/c1-23(15-7-8-17-18(11-15)21(27)22-20(17)26)19(14-5-3-2-4-6-14)13-24-10-9-16(25)12-24/h2-8,11,16,19,25H,9-10,12-13H2,1H3,(H,22,26,27). The topological polar surface area (TPSA) is 72.9 Å². The number of likely N-dealkylation sites (N-methyl/N-ethyl adjacent to an activating group) is 1. The van der Waals surface area contributed by atoms with E-state index in [0.717, 1.165) is 25.2 Å². The number of likely N-dealkylation sites (tertiary alicyclic amines) is 1. The van der Waals surface area contributed by atoms with Gasteiger partial charge in [0, 0.05) is 32.4 Å². The Kier molecular flexibility index (Phi) is 4.68. The number of aliphatic hydroxyl groups excluding tert-OH is 1. The first-order valence-electron chi connectivity index (χ1n) is 9.21. The molecule has 2 amide bonds. The van der Waals surface area contributed by atoms with Crippen LogP contribution in [0.3, 0.4) is 0 Å². The van der Waals surface area contributed by atoms with Crippen LogP contribution in [0.2, 0.25) is 0 Å². The van der Waals surface area contributed by atoms with Gasteiger partial charge in [0.15, 0.2) is 0 Å². The summed E-state index contributed by atoms with van der Waals surface area (Å²) in [5.74, 6) is -0.681. The maximum atomic E-state index is 12.0. The minimum atomic E-state index is -0.343. The molecule has 2 aliphatic heterocycles. The first-order chi connectivity index (χ1) is 13.0. The van der Waals surface area contributed by atoms with Gasteiger partial charge in [0.25, 0.3) is 11.8 Å². The Bertz CT molecular complexity index is 868. The maximum absolute atomic E-state index is 12.0. The molecular formula is C21H23N3O3. The molecule has 2 N–H and O–H groups in total. The number of β-amino-alcohol motifs (C(OH)–C–C–N with tert-alkyl or cyclic N) is 1. The molecule has 0 aliphatic carbocycles. The van der Waals surface area contributed by atoms with Crippen LogP contribution in [-0.2, 0) is 0 Å². The molecule has 0 radical (unpaired) electrons. The third-order valence-corrected chi connectivity index (χ3v) is 5.46. The van der Waals surface area contributed by atoms with E-state index < -0.39 is 0 Å². The second-order valence-electron chi connectivity index (χ2n) is 7.25. The average molecular weight is 365 g/mol. The second kappa shape index (κ2) is 7.13. The van der Waals surface area contributed by atoms with Gasteiger partial charge in [-0.05, 0) is 30.2 Å². The van der Waals surface area contributed by atoms with Crippen LogP contribution in [0.15, 0.2) is 48.5 Å². The minimum absolute atomic E-state index is 0.0646. The summed E-state index contributed by atoms with van der Waals surface area (Å²) in [5.41, 5.74) is 2.90. The van der Waals surface area contributed by atoms with Crippen LogP contribution in [0, 0.1) is 0 Å². The predicted molar refractivity (Wildman–Crippen MR) is 103 cm³/mol. The van der Waals surface area contributed by atoms with Gasteiger partial charge < -0.3 is 10.0 Å². The molecule has 0 aromatic heterocycles. The number of aliphatic hydroxyl groups is 1. The van der Waals surface area contributed by atoms with Gasteiger partial charge in [0.1, 0.15) is 0 Å². The number of nitrogens with one attached hydrogen (secondary N) is 1. The Morgan fingerprint density at radius 2 is 1.89 bits per heavy atom. The lowest BCUT2D eigenvalue weighted by molar-refractivity contribution is 0.0879. The van der Waals surface area contributed by atoms with E-state index in [0.29, 0.717) is 17.7 Å². The van der Waals surface area contributed by atoms with Gasteiger partial charge >= 0.3 is 0 Å². The maximum Gasteiger partial charge on any atom is 0.259 e. The van der Waals surface area contributed by atoms with E-state index >= 15 is 0 Å². The van der Waals surface area contributed by atoms with E-state index in [9.17, 15) is 14.7 Å². The highest BCUT2D eigenvalue weighted by Crippen LogP contribution is 2.30. The molecule has 2 aromatic carbocycles. The number of carbonyl (C=O) groups is 2. The summed E-state index contributed by atoms with van der Waals surface area (Å²) in [4.78, 5) is 28.2. The first-order valence-corrected chi connectivity index (χ1v) is 9.21. The van der Waals surface area contributed by atoms with Crippen molar-refractivity contribution in [3.05, 3.63) is 65.2 Å². The molecule has 2 heterocycles. The lowest BCUT2D eigenvalue weighted by atomic mass is 10.0. The summed E-state index contributed by atoms with van der Waals surface area (Å²) in [6.07, 6.45) is 0.535. The SMILES string of the molecule is CN(c1ccc2c(c1)C(=O)NC2=O)C(CN1CCC(O)C1)c1ccccc1. The smallest absolute Gasteiger partial charge is 0.259 e. The zero-order valence-corrected chi connectivity index (χ0v) is 15.3. The third-order valence-electron chi connectivity index (χ3n) is 5.46. The normalized spacial score (nSPS) is 20.4. The summed E-state index contributed by atoms with van der Waals surface area (Å²) in [6, 6.07) is 15.7. The molecule has 0 bridgehead atoms. The van der Waals surface area contributed by atoms with Gasteiger partial charge in [0.05, 0.1) is 23.3 Å². The molecule has 2 aromatic rings. The van der Waals surface area contributed by atoms with Gasteiger partial charge in [-0.3, -0.25) is 19.8 Å². The number of rotatable bonds is 5. The van der Waals surface area contributed by atoms with Crippen LogP contribution in [0.1, 0.15) is 38.7 Å². The summed E-state index contributed by atoms with van der Waals surface area (Å²) in [7, 11) is 2.00. The fourth-order valence-electron chi connectivity index (χ4n) is 3.90. The van der Waals surface area contributed by atoms with Crippen LogP contribution < -0.4 is 10.2 Å². The van der Waals surface area contributed by atoms with E-state index in [-0.39, 0.29) is 24.0 Å². The molecule has 6 nitrogen and oxygen atoms in total. The summed E-state index contributed by atoms with van der Waals surface area (Å²) in [6.45, 7) is 2.33. The first kappa shape index (κ1) is 17.7. The number of anilines is 1. The molecule has 140 valence electrons. The van der Waals surface area contributed by atoms with E-state index in [1.165, 1.54) is 5.56 Å². The molecule has 2 atom stereocenters. The highest BCUT2D eigenvalue weighted by atomic mass is 16.3. The molecule has 1 fully saturated rings. The van der Waals surface area contributed by atoms with Crippen molar-refractivity contribution < 1.29 is 14.7 Å². The van der Waals surface area contributed by atoms with Crippen molar-refractivity contribution in [2.45, 2.75) is 18.6 Å². The van der Waals surface area contributed by atoms with Crippen molar-refractivity contribution in [3.8, 4) is 0 Å². The Hall–Kier alpha value is -2.70. The van der Waals surface area contributed by atoms with E-state index in [1.54, 1.807) is 12.1 Å². The van der Waals surface area contributed by atoms with Crippen LogP contribution in [0.4, 0.5) is 5.69 Å². The quantitative estimate of drug-likeness (QED) is 0.791. The van der Waals surface area contributed by atoms with Gasteiger partial charge in [-0.25, -0.2) is 0 Å². The van der Waals surface area contributed by atoms with Gasteiger partial charge in [-0.1, -0.05) is 30.3 Å². The van der Waals surface area contributed by atoms with Crippen molar-refractivity contribution in [2.24, 2.45) is 0 Å². The van der Waals surface area contributed by atoms with Crippen LogP contribution >= 0.6 is 0 Å². The Morgan fingerprint density at radius 1 is 1.15 bits per heavy atom. The number of hydrogen-bond donors (Lipinski definition) is 2. The molecule has 4 rings (SSSR count). The number of carbonyl (C=O) groups excluding carboxylic acids is 2. The van der Waals surface area contributed by atoms with Crippen molar-refractivity contribution in [2.75, 3.05) is 31.6 Å². The molecular weight excluding hydrogens is 342 g/mol. The fourth-order valence-corrected chi connectivity index (χ4v) is 3.90. The summed E-state index contributed by atoms with van der Waals surface area (Å²) < 4.78 is 0. The number of fused-ring (bicyclic) bond motifs is 1. The Labute approximate surface area is 158 Å². The molecule has 0 spiro atoms. The minimum Gasteiger partial charge on any atom is -0.392 e. The molecule has 2 aliphatic rings. The van der Waals surface area contributed by atoms with E-state index in [4.69, 9.17) is 0 Å². The lowest BCUT2D eigenvalue weighted by Crippen LogP contribution is -2.36. The van der Waals surface area contributed by atoms with Gasteiger partial charge in [0.2, 0.25) is 0 Å². The summed E-state index contributed by atoms with van der Waals surface area (Å²) in [5, 5.41) is 12.2. The zero-order valence-electron chi connectivity index (χ0n) is 15.3. The van der Waals surface area contributed by atoms with Crippen LogP contribution in [-0.4, -0.2) is 54.6 Å².